The van der Waals surface area contributed by atoms with E-state index in [0.717, 1.165) is 0 Å². The maximum Gasteiger partial charge on any atom is 0.211 e. The molecule has 26 heavy (non-hydrogen) atoms. The first-order valence-electron chi connectivity index (χ1n) is 6.84. The zero-order chi connectivity index (χ0) is 20.1. The van der Waals surface area contributed by atoms with Gasteiger partial charge in [0.1, 0.15) is 23.1 Å². The van der Waals surface area contributed by atoms with Gasteiger partial charge in [-0.3, -0.25) is 0 Å². The van der Waals surface area contributed by atoms with Gasteiger partial charge < -0.3 is 14.6 Å². The van der Waals surface area contributed by atoms with Crippen molar-refractivity contribution in [1.82, 2.24) is 0 Å². The summed E-state index contributed by atoms with van der Waals surface area (Å²) in [6.07, 6.45) is 0. The van der Waals surface area contributed by atoms with Gasteiger partial charge in [-0.2, -0.15) is 0 Å². The molecule has 0 atom stereocenters. The van der Waals surface area contributed by atoms with E-state index >= 15 is 0 Å². The quantitative estimate of drug-likeness (QED) is 0.530. The highest BCUT2D eigenvalue weighted by Gasteiger charge is 2.02. The molecule has 0 fully saturated rings. The molecule has 1 N–H and O–H groups in total. The van der Waals surface area contributed by atoms with E-state index in [1.54, 1.807) is 6.07 Å². The first-order valence-corrected chi connectivity index (χ1v) is 10.2. The van der Waals surface area contributed by atoms with E-state index < -0.39 is 9.23 Å². The van der Waals surface area contributed by atoms with Crippen molar-refractivity contribution in [2.24, 2.45) is 0 Å². The molecule has 0 bridgehead atoms. The van der Waals surface area contributed by atoms with Crippen molar-refractivity contribution in [2.45, 2.75) is 12.5 Å². The Kier molecular flexibility index (Phi) is 13.4. The van der Waals surface area contributed by atoms with Gasteiger partial charge in [-0.1, -0.05) is 0 Å². The van der Waals surface area contributed by atoms with Crippen LogP contribution in [0.3, 0.4) is 0 Å². The van der Waals surface area contributed by atoms with Gasteiger partial charge in [-0.15, -0.1) is 11.6 Å². The van der Waals surface area contributed by atoms with E-state index in [2.05, 4.69) is 21.4 Å². The fourth-order valence-corrected chi connectivity index (χ4v) is 1.93. The molecule has 2 aromatic rings. The third kappa shape index (κ3) is 10.1. The molecular weight excluding hydrogens is 433 g/mol. The summed E-state index contributed by atoms with van der Waals surface area (Å²) in [7, 11) is 10.4. The molecule has 4 nitrogen and oxygen atoms in total. The summed E-state index contributed by atoms with van der Waals surface area (Å²) in [6.45, 7) is -0.207. The van der Waals surface area contributed by atoms with Crippen LogP contribution in [0.2, 0.25) is 0 Å². The lowest BCUT2D eigenvalue weighted by molar-refractivity contribution is 0.273. The number of rotatable bonds is 4. The zero-order valence-electron chi connectivity index (χ0n) is 13.8. The summed E-state index contributed by atoms with van der Waals surface area (Å²) >= 11 is 5.54. The number of hydrogen-bond donors (Lipinski definition) is 1. The van der Waals surface area contributed by atoms with Gasteiger partial charge in [-0.05, 0) is 36.4 Å². The summed E-state index contributed by atoms with van der Waals surface area (Å²) in [5.41, 5.74) is 1.14. The van der Waals surface area contributed by atoms with Gasteiger partial charge in [0.05, 0.1) is 26.7 Å². The molecule has 0 saturated carbocycles. The molecule has 0 aliphatic rings. The normalized spacial score (nSPS) is 9.58. The summed E-state index contributed by atoms with van der Waals surface area (Å²) in [5, 5.41) is 8.73. The first-order chi connectivity index (χ1) is 12.3. The number of aliphatic hydroxyl groups is 1. The lowest BCUT2D eigenvalue weighted by Crippen LogP contribution is -1.92. The van der Waals surface area contributed by atoms with E-state index in [1.807, 2.05) is 0 Å². The SMILES string of the molecule is COc1ccc(F)cc1CCl.COc1ccc(F)cc1CO.O=S(Cl)Cl. The Bertz CT molecular complexity index is 648. The van der Waals surface area contributed by atoms with Crippen molar-refractivity contribution >= 4 is 42.2 Å². The number of ether oxygens (including phenoxy) is 2. The number of methoxy groups -OCH3 is 2. The highest BCUT2D eigenvalue weighted by molar-refractivity contribution is 8.26. The minimum Gasteiger partial charge on any atom is -0.496 e. The monoisotopic (exact) mass is 448 g/mol. The third-order valence-electron chi connectivity index (χ3n) is 2.80. The maximum absolute atomic E-state index is 12.6. The molecule has 146 valence electrons. The lowest BCUT2D eigenvalue weighted by Gasteiger charge is -2.04. The maximum atomic E-state index is 12.6. The Balaban J connectivity index is 0.000000401. The van der Waals surface area contributed by atoms with Gasteiger partial charge in [0, 0.05) is 32.5 Å². The average Bonchev–Trinajstić information content (AvgIpc) is 2.61. The topological polar surface area (TPSA) is 55.8 Å². The Morgan fingerprint density at radius 3 is 1.69 bits per heavy atom. The molecule has 0 saturated heterocycles. The van der Waals surface area contributed by atoms with Crippen LogP contribution in [-0.2, 0) is 21.7 Å². The number of benzene rings is 2. The van der Waals surface area contributed by atoms with Gasteiger partial charge in [0.25, 0.3) is 0 Å². The number of alkyl halides is 1. The van der Waals surface area contributed by atoms with Crippen molar-refractivity contribution in [1.29, 1.82) is 0 Å². The van der Waals surface area contributed by atoms with Crippen LogP contribution in [0.25, 0.3) is 0 Å². The van der Waals surface area contributed by atoms with E-state index in [-0.39, 0.29) is 24.1 Å². The highest BCUT2D eigenvalue weighted by atomic mass is 36.0. The van der Waals surface area contributed by atoms with Crippen LogP contribution in [0.15, 0.2) is 36.4 Å². The van der Waals surface area contributed by atoms with Gasteiger partial charge in [-0.25, -0.2) is 13.0 Å². The van der Waals surface area contributed by atoms with Crippen molar-refractivity contribution in [3.8, 4) is 11.5 Å². The van der Waals surface area contributed by atoms with Crippen molar-refractivity contribution < 1.29 is 27.6 Å². The fraction of sp³-hybridized carbons (Fsp3) is 0.250. The van der Waals surface area contributed by atoms with E-state index in [1.165, 1.54) is 44.6 Å². The number of halogens is 5. The number of hydrogen-bond acceptors (Lipinski definition) is 4. The Morgan fingerprint density at radius 1 is 0.962 bits per heavy atom. The molecular formula is C16H17Cl3F2O4S. The van der Waals surface area contributed by atoms with Crippen LogP contribution in [-0.4, -0.2) is 23.5 Å². The van der Waals surface area contributed by atoms with Gasteiger partial charge in [0.2, 0.25) is 9.23 Å². The van der Waals surface area contributed by atoms with Crippen LogP contribution >= 0.6 is 33.0 Å². The molecule has 10 heteroatoms. The second-order valence-electron chi connectivity index (χ2n) is 4.39. The Hall–Kier alpha value is -1.12. The minimum atomic E-state index is -1.67. The molecule has 0 spiro atoms. The van der Waals surface area contributed by atoms with E-state index in [0.29, 0.717) is 22.6 Å². The third-order valence-corrected chi connectivity index (χ3v) is 3.09. The molecule has 0 aliphatic carbocycles. The molecule has 0 amide bonds. The van der Waals surface area contributed by atoms with E-state index in [4.69, 9.17) is 30.4 Å². The Morgan fingerprint density at radius 2 is 1.35 bits per heavy atom. The van der Waals surface area contributed by atoms with E-state index in [9.17, 15) is 8.78 Å². The van der Waals surface area contributed by atoms with Gasteiger partial charge in [0.15, 0.2) is 0 Å². The van der Waals surface area contributed by atoms with Crippen LogP contribution in [0, 0.1) is 11.6 Å². The second kappa shape index (κ2) is 14.0. The summed E-state index contributed by atoms with van der Waals surface area (Å²) < 4.78 is 44.0. The predicted molar refractivity (Wildman–Crippen MR) is 101 cm³/mol. The standard InChI is InChI=1S/C8H8ClFO.C8H9FO2.Cl2OS/c1-11-8-3-2-7(10)4-6(8)5-9;1-11-8-3-2-7(9)4-6(8)5-10;1-4(2)3/h2-4H,5H2,1H3;2-4,10H,5H2,1H3;. The van der Waals surface area contributed by atoms with Crippen LogP contribution < -0.4 is 9.47 Å². The molecule has 0 aliphatic heterocycles. The molecule has 0 radical (unpaired) electrons. The zero-order valence-corrected chi connectivity index (χ0v) is 16.9. The minimum absolute atomic E-state index is 0.207. The lowest BCUT2D eigenvalue weighted by atomic mass is 10.2. The molecule has 2 aromatic carbocycles. The smallest absolute Gasteiger partial charge is 0.211 e. The van der Waals surface area contributed by atoms with Crippen LogP contribution in [0.5, 0.6) is 11.5 Å². The summed E-state index contributed by atoms with van der Waals surface area (Å²) in [4.78, 5) is 0. The number of aliphatic hydroxyl groups excluding tert-OH is 1. The first kappa shape index (κ1) is 24.9. The highest BCUT2D eigenvalue weighted by Crippen LogP contribution is 2.20. The Labute approximate surface area is 167 Å². The predicted octanol–water partition coefficient (Wildman–Crippen LogP) is 4.94. The molecule has 0 aromatic heterocycles. The van der Waals surface area contributed by atoms with Crippen molar-refractivity contribution in [3.05, 3.63) is 59.2 Å². The summed E-state index contributed by atoms with van der Waals surface area (Å²) in [6, 6.07) is 8.30. The van der Waals surface area contributed by atoms with Crippen LogP contribution in [0.4, 0.5) is 8.78 Å². The fourth-order valence-electron chi connectivity index (χ4n) is 1.72. The van der Waals surface area contributed by atoms with Gasteiger partial charge >= 0.3 is 0 Å². The van der Waals surface area contributed by atoms with Crippen molar-refractivity contribution in [3.63, 3.8) is 0 Å². The molecule has 0 heterocycles. The van der Waals surface area contributed by atoms with Crippen molar-refractivity contribution in [2.75, 3.05) is 14.2 Å². The molecule has 0 unspecified atom stereocenters. The average molecular weight is 450 g/mol. The molecule has 2 rings (SSSR count). The largest absolute Gasteiger partial charge is 0.496 e. The summed E-state index contributed by atoms with van der Waals surface area (Å²) in [5.74, 6) is 0.743. The van der Waals surface area contributed by atoms with Crippen LogP contribution in [0.1, 0.15) is 11.1 Å². The second-order valence-corrected chi connectivity index (χ2v) is 7.18.